The zero-order valence-electron chi connectivity index (χ0n) is 15.3. The van der Waals surface area contributed by atoms with Crippen LogP contribution in [0.5, 0.6) is 0 Å². The van der Waals surface area contributed by atoms with E-state index in [0.29, 0.717) is 12.3 Å². The second-order valence-corrected chi connectivity index (χ2v) is 7.06. The molecule has 0 N–H and O–H groups in total. The maximum Gasteiger partial charge on any atom is 0.292 e. The van der Waals surface area contributed by atoms with E-state index < -0.39 is 0 Å². The Bertz CT molecular complexity index is 706. The average molecular weight is 345 g/mol. The lowest BCUT2D eigenvalue weighted by molar-refractivity contribution is 0.0661. The highest BCUT2D eigenvalue weighted by Crippen LogP contribution is 2.27. The van der Waals surface area contributed by atoms with Gasteiger partial charge >= 0.3 is 0 Å². The lowest BCUT2D eigenvalue weighted by Gasteiger charge is -2.32. The molecule has 136 valence electrons. The molecule has 2 aromatic rings. The fourth-order valence-electron chi connectivity index (χ4n) is 3.42. The highest BCUT2D eigenvalue weighted by atomic mass is 16.5. The summed E-state index contributed by atoms with van der Waals surface area (Å²) >= 11 is 0. The van der Waals surface area contributed by atoms with Crippen molar-refractivity contribution in [1.29, 1.82) is 0 Å². The van der Waals surface area contributed by atoms with E-state index in [0.717, 1.165) is 50.4 Å². The first-order chi connectivity index (χ1) is 12.0. The van der Waals surface area contributed by atoms with Crippen molar-refractivity contribution in [3.63, 3.8) is 0 Å². The predicted octanol–water partition coefficient (Wildman–Crippen LogP) is 2.15. The van der Waals surface area contributed by atoms with Crippen molar-refractivity contribution < 1.29 is 9.32 Å². The van der Waals surface area contributed by atoms with Crippen LogP contribution >= 0.6 is 0 Å². The van der Waals surface area contributed by atoms with Gasteiger partial charge in [0.1, 0.15) is 5.82 Å². The Balaban J connectivity index is 1.65. The molecule has 1 aliphatic heterocycles. The third-order valence-corrected chi connectivity index (χ3v) is 4.66. The van der Waals surface area contributed by atoms with Crippen molar-refractivity contribution in [3.8, 4) is 0 Å². The number of piperidine rings is 1. The molecule has 3 rings (SSSR count). The van der Waals surface area contributed by atoms with Gasteiger partial charge in [-0.2, -0.15) is 0 Å². The molecule has 3 heterocycles. The maximum absolute atomic E-state index is 12.6. The van der Waals surface area contributed by atoms with Crippen LogP contribution < -0.4 is 0 Å². The van der Waals surface area contributed by atoms with Crippen molar-refractivity contribution in [2.75, 3.05) is 33.7 Å². The number of carbonyl (C=O) groups is 1. The fraction of sp³-hybridized carbons (Fsp3) is 0.611. The lowest BCUT2D eigenvalue weighted by Crippen LogP contribution is -2.39. The lowest BCUT2D eigenvalue weighted by atomic mass is 9.96. The highest BCUT2D eigenvalue weighted by molar-refractivity contribution is 5.91. The van der Waals surface area contributed by atoms with Gasteiger partial charge in [0.25, 0.3) is 5.91 Å². The number of imidazole rings is 1. The number of aromatic nitrogens is 3. The molecule has 1 saturated heterocycles. The third kappa shape index (κ3) is 4.28. The van der Waals surface area contributed by atoms with Crippen LogP contribution in [-0.2, 0) is 6.54 Å². The normalized spacial score (nSPS) is 18.1. The van der Waals surface area contributed by atoms with E-state index in [4.69, 9.17) is 4.52 Å². The van der Waals surface area contributed by atoms with Gasteiger partial charge in [-0.1, -0.05) is 5.16 Å². The molecule has 0 saturated carbocycles. The Labute approximate surface area is 148 Å². The number of likely N-dealkylation sites (tertiary alicyclic amines) is 1. The summed E-state index contributed by atoms with van der Waals surface area (Å²) in [6.45, 7) is 5.28. The van der Waals surface area contributed by atoms with E-state index >= 15 is 0 Å². The summed E-state index contributed by atoms with van der Waals surface area (Å²) in [4.78, 5) is 21.3. The average Bonchev–Trinajstić information content (AvgIpc) is 3.23. The molecule has 1 aliphatic rings. The highest BCUT2D eigenvalue weighted by Gasteiger charge is 2.29. The first-order valence-electron chi connectivity index (χ1n) is 8.93. The van der Waals surface area contributed by atoms with Gasteiger partial charge in [-0.15, -0.1) is 0 Å². The van der Waals surface area contributed by atoms with Crippen LogP contribution in [0.2, 0.25) is 0 Å². The van der Waals surface area contributed by atoms with Crippen LogP contribution in [0.1, 0.15) is 47.3 Å². The Kier molecular flexibility index (Phi) is 5.53. The Morgan fingerprint density at radius 3 is 3.00 bits per heavy atom. The predicted molar refractivity (Wildman–Crippen MR) is 94.5 cm³/mol. The number of hydrogen-bond acceptors (Lipinski definition) is 5. The van der Waals surface area contributed by atoms with Crippen LogP contribution in [0.3, 0.4) is 0 Å². The maximum atomic E-state index is 12.6. The minimum Gasteiger partial charge on any atom is -0.351 e. The first-order valence-corrected chi connectivity index (χ1v) is 8.93. The van der Waals surface area contributed by atoms with Gasteiger partial charge in [-0.05, 0) is 46.8 Å². The molecule has 1 atom stereocenters. The number of hydrogen-bond donors (Lipinski definition) is 0. The summed E-state index contributed by atoms with van der Waals surface area (Å²) in [6, 6.07) is 1.70. The van der Waals surface area contributed by atoms with Gasteiger partial charge in [0.05, 0.1) is 5.69 Å². The van der Waals surface area contributed by atoms with Gasteiger partial charge in [0.2, 0.25) is 5.76 Å². The van der Waals surface area contributed by atoms with Crippen molar-refractivity contribution in [1.82, 2.24) is 24.5 Å². The zero-order chi connectivity index (χ0) is 17.8. The van der Waals surface area contributed by atoms with Crippen LogP contribution in [0.25, 0.3) is 0 Å². The topological polar surface area (TPSA) is 67.4 Å². The van der Waals surface area contributed by atoms with Gasteiger partial charge in [-0.3, -0.25) is 4.79 Å². The van der Waals surface area contributed by atoms with Gasteiger partial charge in [0.15, 0.2) is 0 Å². The molecule has 0 radical (unpaired) electrons. The molecule has 0 aromatic carbocycles. The fourth-order valence-corrected chi connectivity index (χ4v) is 3.42. The molecule has 7 nitrogen and oxygen atoms in total. The molecule has 1 amide bonds. The van der Waals surface area contributed by atoms with Crippen molar-refractivity contribution in [2.45, 2.75) is 38.6 Å². The third-order valence-electron chi connectivity index (χ3n) is 4.66. The van der Waals surface area contributed by atoms with Crippen molar-refractivity contribution in [2.24, 2.45) is 0 Å². The number of nitrogens with zero attached hydrogens (tertiary/aromatic N) is 5. The summed E-state index contributed by atoms with van der Waals surface area (Å²) in [6.07, 6.45) is 7.04. The summed E-state index contributed by atoms with van der Waals surface area (Å²) in [5, 5.41) is 3.82. The smallest absolute Gasteiger partial charge is 0.292 e. The van der Waals surface area contributed by atoms with Crippen LogP contribution in [-0.4, -0.2) is 64.1 Å². The zero-order valence-corrected chi connectivity index (χ0v) is 15.3. The molecule has 25 heavy (non-hydrogen) atoms. The van der Waals surface area contributed by atoms with Crippen LogP contribution in [0.15, 0.2) is 23.0 Å². The Morgan fingerprint density at radius 1 is 1.44 bits per heavy atom. The monoisotopic (exact) mass is 345 g/mol. The summed E-state index contributed by atoms with van der Waals surface area (Å²) in [7, 11) is 4.18. The Morgan fingerprint density at radius 2 is 2.28 bits per heavy atom. The summed E-state index contributed by atoms with van der Waals surface area (Å²) in [5.74, 6) is 1.62. The van der Waals surface area contributed by atoms with Crippen molar-refractivity contribution >= 4 is 5.91 Å². The minimum atomic E-state index is -0.0731. The largest absolute Gasteiger partial charge is 0.351 e. The molecule has 0 bridgehead atoms. The molecule has 0 spiro atoms. The summed E-state index contributed by atoms with van der Waals surface area (Å²) in [5.41, 5.74) is 0.730. The minimum absolute atomic E-state index is 0.0731. The number of amides is 1. The van der Waals surface area contributed by atoms with Gasteiger partial charge in [-0.25, -0.2) is 4.98 Å². The van der Waals surface area contributed by atoms with E-state index in [2.05, 4.69) is 33.7 Å². The van der Waals surface area contributed by atoms with E-state index in [1.165, 1.54) is 0 Å². The summed E-state index contributed by atoms with van der Waals surface area (Å²) < 4.78 is 7.37. The molecule has 0 aliphatic carbocycles. The molecule has 1 fully saturated rings. The molecular weight excluding hydrogens is 318 g/mol. The van der Waals surface area contributed by atoms with E-state index in [-0.39, 0.29) is 11.8 Å². The van der Waals surface area contributed by atoms with Crippen molar-refractivity contribution in [3.05, 3.63) is 35.7 Å². The van der Waals surface area contributed by atoms with Gasteiger partial charge < -0.3 is 18.9 Å². The molecular formula is C18H27N5O2. The second kappa shape index (κ2) is 7.82. The number of carbonyl (C=O) groups excluding carboxylic acids is 1. The molecule has 7 heteroatoms. The number of aryl methyl sites for hydroxylation is 2. The Hall–Kier alpha value is -2.15. The first kappa shape index (κ1) is 17.7. The second-order valence-electron chi connectivity index (χ2n) is 7.06. The van der Waals surface area contributed by atoms with E-state index in [9.17, 15) is 4.79 Å². The molecule has 0 unspecified atom stereocenters. The molecule has 2 aromatic heterocycles. The quantitative estimate of drug-likeness (QED) is 0.802. The van der Waals surface area contributed by atoms with Crippen LogP contribution in [0, 0.1) is 6.92 Å². The number of rotatable bonds is 6. The van der Waals surface area contributed by atoms with E-state index in [1.54, 1.807) is 6.07 Å². The van der Waals surface area contributed by atoms with E-state index in [1.807, 2.05) is 24.2 Å². The van der Waals surface area contributed by atoms with Crippen LogP contribution in [0.4, 0.5) is 0 Å². The van der Waals surface area contributed by atoms with Gasteiger partial charge in [0, 0.05) is 44.0 Å². The standard InChI is InChI=1S/C18H27N5O2/c1-14-12-16(25-20-14)18(24)23-9-4-6-15(13-23)17-19-7-11-22(17)10-5-8-21(2)3/h7,11-12,15H,4-6,8-10,13H2,1-3H3/t15-/m1/s1. The SMILES string of the molecule is Cc1cc(C(=O)N2CCC[C@@H](c3nccn3CCCN(C)C)C2)on1.